The fourth-order valence-corrected chi connectivity index (χ4v) is 3.83. The smallest absolute Gasteiger partial charge is 0.200 e. The molecule has 1 unspecified atom stereocenters. The summed E-state index contributed by atoms with van der Waals surface area (Å²) >= 11 is 3.17. The van der Waals surface area contributed by atoms with Crippen molar-refractivity contribution in [3.05, 3.63) is 28.2 Å². The minimum Gasteiger partial charge on any atom is -0.487 e. The maximum atomic E-state index is 13.8. The highest BCUT2D eigenvalue weighted by atomic mass is 79.9. The molecule has 2 fully saturated rings. The van der Waals surface area contributed by atoms with E-state index < -0.39 is 11.6 Å². The molecule has 0 amide bonds. The first-order chi connectivity index (χ1) is 10.1. The maximum absolute atomic E-state index is 13.8. The first-order valence-electron chi connectivity index (χ1n) is 7.53. The van der Waals surface area contributed by atoms with Gasteiger partial charge >= 0.3 is 0 Å². The standard InChI is InChI=1S/C16H19BrF2O2/c17-11-8-13(18)15(19)14(9-11)21-12-4-7-20-16(10-12)5-2-1-3-6-16/h8-9,12H,1-7,10H2. The third kappa shape index (κ3) is 3.39. The number of rotatable bonds is 2. The van der Waals surface area contributed by atoms with Crippen molar-refractivity contribution < 1.29 is 18.3 Å². The van der Waals surface area contributed by atoms with Crippen molar-refractivity contribution >= 4 is 15.9 Å². The van der Waals surface area contributed by atoms with Gasteiger partial charge in [-0.1, -0.05) is 35.2 Å². The van der Waals surface area contributed by atoms with Crippen molar-refractivity contribution in [2.24, 2.45) is 0 Å². The lowest BCUT2D eigenvalue weighted by molar-refractivity contribution is -0.130. The average Bonchev–Trinajstić information content (AvgIpc) is 2.45. The van der Waals surface area contributed by atoms with E-state index in [2.05, 4.69) is 15.9 Å². The summed E-state index contributed by atoms with van der Waals surface area (Å²) in [5, 5.41) is 0. The lowest BCUT2D eigenvalue weighted by Gasteiger charge is -2.43. The Morgan fingerprint density at radius 1 is 1.19 bits per heavy atom. The van der Waals surface area contributed by atoms with Crippen LogP contribution in [0.25, 0.3) is 0 Å². The summed E-state index contributed by atoms with van der Waals surface area (Å²) in [6.07, 6.45) is 7.06. The molecule has 1 saturated carbocycles. The zero-order chi connectivity index (χ0) is 14.9. The predicted molar refractivity (Wildman–Crippen MR) is 79.5 cm³/mol. The maximum Gasteiger partial charge on any atom is 0.200 e. The van der Waals surface area contributed by atoms with Crippen LogP contribution in [0.1, 0.15) is 44.9 Å². The Morgan fingerprint density at radius 2 is 1.95 bits per heavy atom. The van der Waals surface area contributed by atoms with Crippen molar-refractivity contribution in [2.75, 3.05) is 6.61 Å². The summed E-state index contributed by atoms with van der Waals surface area (Å²) < 4.78 is 39.5. The summed E-state index contributed by atoms with van der Waals surface area (Å²) in [5.41, 5.74) is -0.109. The summed E-state index contributed by atoms with van der Waals surface area (Å²) in [7, 11) is 0. The summed E-state index contributed by atoms with van der Waals surface area (Å²) in [4.78, 5) is 0. The Balaban J connectivity index is 1.73. The van der Waals surface area contributed by atoms with Gasteiger partial charge in [-0.15, -0.1) is 0 Å². The third-order valence-electron chi connectivity index (χ3n) is 4.47. The van der Waals surface area contributed by atoms with E-state index in [1.165, 1.54) is 25.3 Å². The van der Waals surface area contributed by atoms with Crippen LogP contribution in [0, 0.1) is 11.6 Å². The molecule has 1 saturated heterocycles. The average molecular weight is 361 g/mol. The highest BCUT2D eigenvalue weighted by Gasteiger charge is 2.39. The van der Waals surface area contributed by atoms with Crippen LogP contribution >= 0.6 is 15.9 Å². The van der Waals surface area contributed by atoms with E-state index in [0.29, 0.717) is 11.1 Å². The first-order valence-corrected chi connectivity index (χ1v) is 8.32. The molecule has 1 heterocycles. The van der Waals surface area contributed by atoms with Crippen molar-refractivity contribution in [1.82, 2.24) is 0 Å². The van der Waals surface area contributed by atoms with Gasteiger partial charge in [-0.05, 0) is 25.0 Å². The molecular formula is C16H19BrF2O2. The molecule has 1 aromatic rings. The lowest BCUT2D eigenvalue weighted by atomic mass is 9.79. The number of ether oxygens (including phenoxy) is 2. The molecule has 1 atom stereocenters. The molecule has 0 bridgehead atoms. The molecule has 21 heavy (non-hydrogen) atoms. The molecule has 0 N–H and O–H groups in total. The van der Waals surface area contributed by atoms with Gasteiger partial charge < -0.3 is 9.47 Å². The van der Waals surface area contributed by atoms with E-state index in [-0.39, 0.29) is 17.5 Å². The molecule has 0 aromatic heterocycles. The molecule has 3 rings (SSSR count). The highest BCUT2D eigenvalue weighted by molar-refractivity contribution is 9.10. The van der Waals surface area contributed by atoms with E-state index in [1.54, 1.807) is 0 Å². The largest absolute Gasteiger partial charge is 0.487 e. The Hall–Kier alpha value is -0.680. The minimum absolute atomic E-state index is 0.0141. The molecule has 5 heteroatoms. The van der Waals surface area contributed by atoms with Crippen LogP contribution in [-0.2, 0) is 4.74 Å². The van der Waals surface area contributed by atoms with Gasteiger partial charge in [-0.3, -0.25) is 0 Å². The van der Waals surface area contributed by atoms with Crippen LogP contribution < -0.4 is 4.74 Å². The predicted octanol–water partition coefficient (Wildman–Crippen LogP) is 4.99. The van der Waals surface area contributed by atoms with Crippen LogP contribution in [0.2, 0.25) is 0 Å². The second-order valence-corrected chi connectivity index (χ2v) is 6.94. The molecule has 2 nitrogen and oxygen atoms in total. The fourth-order valence-electron chi connectivity index (χ4n) is 3.43. The van der Waals surface area contributed by atoms with Crippen LogP contribution in [0.3, 0.4) is 0 Å². The third-order valence-corrected chi connectivity index (χ3v) is 4.92. The molecule has 1 aliphatic carbocycles. The fraction of sp³-hybridized carbons (Fsp3) is 0.625. The Morgan fingerprint density at radius 3 is 2.71 bits per heavy atom. The van der Waals surface area contributed by atoms with Gasteiger partial charge in [0.05, 0.1) is 12.2 Å². The number of hydrogen-bond donors (Lipinski definition) is 0. The van der Waals surface area contributed by atoms with Gasteiger partial charge in [0.25, 0.3) is 0 Å². The zero-order valence-corrected chi connectivity index (χ0v) is 13.4. The quantitative estimate of drug-likeness (QED) is 0.691. The number of hydrogen-bond acceptors (Lipinski definition) is 2. The van der Waals surface area contributed by atoms with Gasteiger partial charge in [0.2, 0.25) is 5.82 Å². The molecule has 1 aliphatic heterocycles. The van der Waals surface area contributed by atoms with Crippen molar-refractivity contribution in [3.63, 3.8) is 0 Å². The van der Waals surface area contributed by atoms with Crippen LogP contribution in [0.4, 0.5) is 8.78 Å². The molecule has 1 aromatic carbocycles. The first kappa shape index (κ1) is 15.2. The second kappa shape index (κ2) is 6.21. The normalized spacial score (nSPS) is 25.0. The van der Waals surface area contributed by atoms with Crippen LogP contribution in [-0.4, -0.2) is 18.3 Å². The van der Waals surface area contributed by atoms with Gasteiger partial charge in [0.15, 0.2) is 11.6 Å². The Labute approximate surface area is 131 Å². The second-order valence-electron chi connectivity index (χ2n) is 6.02. The van der Waals surface area contributed by atoms with Gasteiger partial charge in [-0.2, -0.15) is 4.39 Å². The summed E-state index contributed by atoms with van der Waals surface area (Å²) in [6, 6.07) is 2.59. The van der Waals surface area contributed by atoms with Crippen LogP contribution in [0.5, 0.6) is 5.75 Å². The van der Waals surface area contributed by atoms with Gasteiger partial charge in [0.1, 0.15) is 6.10 Å². The molecular weight excluding hydrogens is 342 g/mol. The number of benzene rings is 1. The van der Waals surface area contributed by atoms with Crippen molar-refractivity contribution in [1.29, 1.82) is 0 Å². The van der Waals surface area contributed by atoms with E-state index in [0.717, 1.165) is 31.7 Å². The zero-order valence-electron chi connectivity index (χ0n) is 11.8. The lowest BCUT2D eigenvalue weighted by Crippen LogP contribution is -2.45. The van der Waals surface area contributed by atoms with E-state index in [9.17, 15) is 8.78 Å². The minimum atomic E-state index is -0.914. The highest BCUT2D eigenvalue weighted by Crippen LogP contribution is 2.40. The van der Waals surface area contributed by atoms with Crippen molar-refractivity contribution in [2.45, 2.75) is 56.7 Å². The topological polar surface area (TPSA) is 18.5 Å². The Kier molecular flexibility index (Phi) is 4.50. The van der Waals surface area contributed by atoms with E-state index in [4.69, 9.17) is 9.47 Å². The van der Waals surface area contributed by atoms with E-state index in [1.807, 2.05) is 0 Å². The SMILES string of the molecule is Fc1cc(Br)cc(OC2CCOC3(CCCCC3)C2)c1F. The molecule has 0 radical (unpaired) electrons. The molecule has 1 spiro atoms. The van der Waals surface area contributed by atoms with Gasteiger partial charge in [-0.25, -0.2) is 4.39 Å². The Bertz CT molecular complexity index is 510. The van der Waals surface area contributed by atoms with E-state index >= 15 is 0 Å². The molecule has 2 aliphatic rings. The number of halogens is 3. The molecule has 116 valence electrons. The van der Waals surface area contributed by atoms with Crippen molar-refractivity contribution in [3.8, 4) is 5.75 Å². The summed E-state index contributed by atoms with van der Waals surface area (Å²) in [6.45, 7) is 0.628. The van der Waals surface area contributed by atoms with Crippen LogP contribution in [0.15, 0.2) is 16.6 Å². The summed E-state index contributed by atoms with van der Waals surface area (Å²) in [5.74, 6) is -1.82. The van der Waals surface area contributed by atoms with Gasteiger partial charge in [0, 0.05) is 17.3 Å². The monoisotopic (exact) mass is 360 g/mol.